The van der Waals surface area contributed by atoms with Crippen molar-refractivity contribution in [2.24, 2.45) is 5.73 Å². The van der Waals surface area contributed by atoms with Crippen LogP contribution in [0.3, 0.4) is 0 Å². The van der Waals surface area contributed by atoms with Crippen molar-refractivity contribution >= 4 is 15.9 Å². The number of nitrogens with two attached hydrogens (primary N) is 1. The topological polar surface area (TPSA) is 122 Å². The number of ether oxygens (including phenoxy) is 2. The first-order valence-corrected chi connectivity index (χ1v) is 16.9. The van der Waals surface area contributed by atoms with E-state index < -0.39 is 33.9 Å². The molecule has 0 aliphatic heterocycles. The predicted octanol–water partition coefficient (Wildman–Crippen LogP) is 4.51. The van der Waals surface area contributed by atoms with E-state index in [-0.39, 0.29) is 38.3 Å². The number of halogens is 1. The molecule has 3 rings (SSSR count). The molecule has 0 fully saturated rings. The zero-order chi connectivity index (χ0) is 32.8. The zero-order valence-corrected chi connectivity index (χ0v) is 27.2. The number of hydrogen-bond acceptors (Lipinski definition) is 7. The molecule has 9 nitrogen and oxygen atoms in total. The summed E-state index contributed by atoms with van der Waals surface area (Å²) in [6, 6.07) is 20.1. The second-order valence-electron chi connectivity index (χ2n) is 11.1. The van der Waals surface area contributed by atoms with Crippen LogP contribution in [0.5, 0.6) is 11.5 Å². The summed E-state index contributed by atoms with van der Waals surface area (Å²) in [5.41, 5.74) is 8.60. The Morgan fingerprint density at radius 3 is 2.27 bits per heavy atom. The summed E-state index contributed by atoms with van der Waals surface area (Å²) in [6.07, 6.45) is 0.0459. The first-order valence-electron chi connectivity index (χ1n) is 15.3. The maximum absolute atomic E-state index is 14.5. The summed E-state index contributed by atoms with van der Waals surface area (Å²) >= 11 is 0. The third kappa shape index (κ3) is 11.7. The van der Waals surface area contributed by atoms with E-state index in [1.807, 2.05) is 50.2 Å². The molecule has 0 saturated heterocycles. The molecule has 246 valence electrons. The second kappa shape index (κ2) is 17.8. The van der Waals surface area contributed by atoms with Crippen molar-refractivity contribution in [3.63, 3.8) is 0 Å². The number of aliphatic hydroxyl groups excluding tert-OH is 1. The van der Waals surface area contributed by atoms with Crippen LogP contribution in [0.1, 0.15) is 49.8 Å². The van der Waals surface area contributed by atoms with E-state index in [1.165, 1.54) is 21.3 Å². The minimum absolute atomic E-state index is 0.116. The molecular formula is C34H46FN3O6S. The summed E-state index contributed by atoms with van der Waals surface area (Å²) in [4.78, 5) is 14.9. The fraction of sp³-hybridized carbons (Fsp3) is 0.441. The number of amides is 1. The van der Waals surface area contributed by atoms with E-state index in [2.05, 4.69) is 0 Å². The van der Waals surface area contributed by atoms with Crippen LogP contribution in [-0.2, 0) is 34.4 Å². The number of aliphatic hydroxyl groups is 1. The smallest absolute Gasteiger partial charge is 0.224 e. The monoisotopic (exact) mass is 643 g/mol. The highest BCUT2D eigenvalue weighted by Crippen LogP contribution is 2.21. The van der Waals surface area contributed by atoms with E-state index in [4.69, 9.17) is 15.2 Å². The average Bonchev–Trinajstić information content (AvgIpc) is 3.02. The average molecular weight is 644 g/mol. The molecule has 11 heteroatoms. The van der Waals surface area contributed by atoms with Crippen molar-refractivity contribution in [1.82, 2.24) is 9.21 Å². The van der Waals surface area contributed by atoms with Gasteiger partial charge in [-0.15, -0.1) is 0 Å². The van der Waals surface area contributed by atoms with Crippen LogP contribution >= 0.6 is 0 Å². The molecule has 0 unspecified atom stereocenters. The van der Waals surface area contributed by atoms with Gasteiger partial charge in [0.05, 0.1) is 19.0 Å². The lowest BCUT2D eigenvalue weighted by molar-refractivity contribution is -0.133. The summed E-state index contributed by atoms with van der Waals surface area (Å²) in [7, 11) is -2.10. The Balaban J connectivity index is 1.72. The van der Waals surface area contributed by atoms with Crippen molar-refractivity contribution in [3.8, 4) is 11.5 Å². The number of benzene rings is 3. The molecule has 0 heterocycles. The number of carbonyl (C=O) groups is 1. The molecule has 2 atom stereocenters. The Labute approximate surface area is 266 Å². The first-order chi connectivity index (χ1) is 21.5. The molecule has 0 radical (unpaired) electrons. The van der Waals surface area contributed by atoms with Gasteiger partial charge in [-0.2, -0.15) is 0 Å². The highest BCUT2D eigenvalue weighted by atomic mass is 32.2. The Hall–Kier alpha value is -3.51. The van der Waals surface area contributed by atoms with Gasteiger partial charge in [-0.25, -0.2) is 17.1 Å². The van der Waals surface area contributed by atoms with Crippen LogP contribution in [0.15, 0.2) is 72.8 Å². The van der Waals surface area contributed by atoms with Crippen LogP contribution < -0.4 is 15.2 Å². The predicted molar refractivity (Wildman–Crippen MR) is 174 cm³/mol. The fourth-order valence-electron chi connectivity index (χ4n) is 4.97. The fourth-order valence-corrected chi connectivity index (χ4v) is 6.58. The highest BCUT2D eigenvalue weighted by molar-refractivity contribution is 7.89. The lowest BCUT2D eigenvalue weighted by Gasteiger charge is -2.29. The summed E-state index contributed by atoms with van der Waals surface area (Å²) in [5, 5.41) is 11.1. The summed E-state index contributed by atoms with van der Waals surface area (Å²) in [5.74, 6) is -0.313. The number of carbonyl (C=O) groups excluding carboxylic acids is 1. The lowest BCUT2D eigenvalue weighted by atomic mass is 10.0. The van der Waals surface area contributed by atoms with Gasteiger partial charge in [0, 0.05) is 44.7 Å². The minimum Gasteiger partial charge on any atom is -0.497 e. The van der Waals surface area contributed by atoms with E-state index >= 15 is 0 Å². The maximum Gasteiger partial charge on any atom is 0.224 e. The Morgan fingerprint density at radius 1 is 0.933 bits per heavy atom. The molecule has 3 N–H and O–H groups in total. The molecule has 0 aliphatic carbocycles. The van der Waals surface area contributed by atoms with Crippen molar-refractivity contribution in [2.45, 2.75) is 64.8 Å². The Bertz CT molecular complexity index is 1450. The van der Waals surface area contributed by atoms with Crippen LogP contribution in [0.2, 0.25) is 0 Å². The van der Waals surface area contributed by atoms with Gasteiger partial charge in [-0.1, -0.05) is 56.3 Å². The molecule has 45 heavy (non-hydrogen) atoms. The SMILES string of the molecule is CCCN(CCC)S(=O)(=O)CCC(=O)N(Cc1cccc(OC)c1)C[C@@H](O)[C@@H](N)Cc1cc(F)cc(OCc2ccccc2)c1. The number of methoxy groups -OCH3 is 1. The Morgan fingerprint density at radius 2 is 1.60 bits per heavy atom. The lowest BCUT2D eigenvalue weighted by Crippen LogP contribution is -2.46. The molecule has 0 spiro atoms. The van der Waals surface area contributed by atoms with Crippen molar-refractivity contribution in [1.29, 1.82) is 0 Å². The number of nitrogens with zero attached hydrogens (tertiary/aromatic N) is 2. The normalized spacial score (nSPS) is 13.0. The molecule has 0 aliphatic rings. The number of rotatable bonds is 19. The van der Waals surface area contributed by atoms with Crippen molar-refractivity contribution in [2.75, 3.05) is 32.5 Å². The summed E-state index contributed by atoms with van der Waals surface area (Å²) in [6.45, 7) is 4.85. The van der Waals surface area contributed by atoms with Gasteiger partial charge >= 0.3 is 0 Å². The van der Waals surface area contributed by atoms with Crippen LogP contribution in [0, 0.1) is 5.82 Å². The van der Waals surface area contributed by atoms with E-state index in [0.29, 0.717) is 43.0 Å². The largest absolute Gasteiger partial charge is 0.497 e. The molecule has 0 aromatic heterocycles. The van der Waals surface area contributed by atoms with Gasteiger partial charge in [0.25, 0.3) is 0 Å². The Kier molecular flexibility index (Phi) is 14.3. The second-order valence-corrected chi connectivity index (χ2v) is 13.2. The maximum atomic E-state index is 14.5. The minimum atomic E-state index is -3.64. The van der Waals surface area contributed by atoms with Crippen LogP contribution in [0.4, 0.5) is 4.39 Å². The molecule has 0 bridgehead atoms. The molecule has 1 amide bonds. The van der Waals surface area contributed by atoms with Gasteiger partial charge in [-0.3, -0.25) is 4.79 Å². The molecule has 3 aromatic rings. The third-order valence-electron chi connectivity index (χ3n) is 7.33. The third-order valence-corrected chi connectivity index (χ3v) is 9.20. The molecular weight excluding hydrogens is 597 g/mol. The van der Waals surface area contributed by atoms with Gasteiger partial charge in [0.15, 0.2) is 0 Å². The van der Waals surface area contributed by atoms with E-state index in [9.17, 15) is 22.7 Å². The van der Waals surface area contributed by atoms with Crippen LogP contribution in [0.25, 0.3) is 0 Å². The van der Waals surface area contributed by atoms with E-state index in [1.54, 1.807) is 31.4 Å². The quantitative estimate of drug-likeness (QED) is 0.197. The van der Waals surface area contributed by atoms with Gasteiger partial charge in [-0.05, 0) is 60.2 Å². The number of hydrogen-bond donors (Lipinski definition) is 2. The van der Waals surface area contributed by atoms with Gasteiger partial charge in [0.2, 0.25) is 15.9 Å². The van der Waals surface area contributed by atoms with E-state index in [0.717, 1.165) is 11.1 Å². The summed E-state index contributed by atoms with van der Waals surface area (Å²) < 4.78 is 53.0. The van der Waals surface area contributed by atoms with Crippen LogP contribution in [-0.4, -0.2) is 73.3 Å². The zero-order valence-electron chi connectivity index (χ0n) is 26.4. The standard InChI is InChI=1S/C34H46FN3O6S/c1-4-15-38(16-5-2)45(41,42)17-14-34(40)37(23-27-12-9-13-30(19-27)43-3)24-33(39)32(36)21-28-18-29(35)22-31(20-28)44-25-26-10-7-6-8-11-26/h6-13,18-20,22,32-33,39H,4-5,14-17,21,23-25,36H2,1-3H3/t32-,33+/m0/s1. The van der Waals surface area contributed by atoms with Gasteiger partial charge < -0.3 is 25.2 Å². The molecule has 0 saturated carbocycles. The number of sulfonamides is 1. The molecule has 3 aromatic carbocycles. The van der Waals surface area contributed by atoms with Crippen molar-refractivity contribution < 1.29 is 32.2 Å². The first kappa shape index (κ1) is 36.0. The highest BCUT2D eigenvalue weighted by Gasteiger charge is 2.26. The van der Waals surface area contributed by atoms with Crippen molar-refractivity contribution in [3.05, 3.63) is 95.3 Å². The van der Waals surface area contributed by atoms with Gasteiger partial charge in [0.1, 0.15) is 23.9 Å².